The van der Waals surface area contributed by atoms with Crippen molar-refractivity contribution in [2.45, 2.75) is 0 Å². The fourth-order valence-electron chi connectivity index (χ4n) is 3.22. The van der Waals surface area contributed by atoms with Crippen molar-refractivity contribution in [1.82, 2.24) is 15.0 Å². The summed E-state index contributed by atoms with van der Waals surface area (Å²) in [6.07, 6.45) is 6.97. The number of fused-ring (bicyclic) bond motifs is 2. The van der Waals surface area contributed by atoms with Crippen molar-refractivity contribution in [3.05, 3.63) is 83.1 Å². The Morgan fingerprint density at radius 1 is 1.07 bits per heavy atom. The van der Waals surface area contributed by atoms with E-state index in [1.807, 2.05) is 60.7 Å². The van der Waals surface area contributed by atoms with Gasteiger partial charge in [-0.3, -0.25) is 4.79 Å². The van der Waals surface area contributed by atoms with E-state index in [9.17, 15) is 4.79 Å². The first-order chi connectivity index (χ1) is 14.2. The van der Waals surface area contributed by atoms with Crippen LogP contribution in [0, 0.1) is 12.3 Å². The third kappa shape index (κ3) is 3.14. The van der Waals surface area contributed by atoms with Crippen LogP contribution in [0.4, 0.5) is 11.5 Å². The first-order valence-electron chi connectivity index (χ1n) is 8.92. The molecule has 0 fully saturated rings. The summed E-state index contributed by atoms with van der Waals surface area (Å²) < 4.78 is 0. The quantitative estimate of drug-likeness (QED) is 0.327. The summed E-state index contributed by atoms with van der Waals surface area (Å²) in [6.45, 7) is 0. The molecule has 6 heteroatoms. The molecule has 0 aliphatic heterocycles. The van der Waals surface area contributed by atoms with Crippen molar-refractivity contribution in [1.29, 1.82) is 0 Å². The number of carbonyl (C=O) groups excluding carboxylic acids is 1. The molecule has 3 aromatic heterocycles. The number of benzene rings is 2. The summed E-state index contributed by atoms with van der Waals surface area (Å²) in [4.78, 5) is 26.2. The lowest BCUT2D eigenvalue weighted by atomic mass is 10.2. The van der Waals surface area contributed by atoms with Crippen molar-refractivity contribution >= 4 is 49.7 Å². The van der Waals surface area contributed by atoms with Crippen LogP contribution in [0.3, 0.4) is 0 Å². The van der Waals surface area contributed by atoms with Crippen LogP contribution in [0.15, 0.2) is 67.0 Å². The number of anilines is 2. The third-order valence-electron chi connectivity index (χ3n) is 4.62. The van der Waals surface area contributed by atoms with Crippen molar-refractivity contribution < 1.29 is 4.79 Å². The molecule has 138 valence electrons. The zero-order chi connectivity index (χ0) is 19.8. The Morgan fingerprint density at radius 3 is 2.83 bits per heavy atom. The first-order valence-corrected chi connectivity index (χ1v) is 9.73. The highest BCUT2D eigenvalue weighted by molar-refractivity contribution is 7.20. The maximum atomic E-state index is 13.0. The molecule has 0 spiro atoms. The Labute approximate surface area is 170 Å². The largest absolute Gasteiger partial charge is 0.352 e. The van der Waals surface area contributed by atoms with Gasteiger partial charge in [-0.25, -0.2) is 9.97 Å². The number of terminal acetylenes is 1. The molecule has 0 atom stereocenters. The van der Waals surface area contributed by atoms with Crippen LogP contribution in [0.2, 0.25) is 0 Å². The van der Waals surface area contributed by atoms with Gasteiger partial charge >= 0.3 is 0 Å². The number of thiophene rings is 1. The van der Waals surface area contributed by atoms with Gasteiger partial charge in [0.15, 0.2) is 0 Å². The second-order valence-corrected chi connectivity index (χ2v) is 7.53. The topological polar surface area (TPSA) is 70.7 Å². The molecule has 0 aliphatic rings. The van der Waals surface area contributed by atoms with Crippen LogP contribution in [0.1, 0.15) is 20.9 Å². The molecule has 2 aromatic carbocycles. The molecule has 0 bridgehead atoms. The highest BCUT2D eigenvalue weighted by Gasteiger charge is 2.17. The van der Waals surface area contributed by atoms with Crippen molar-refractivity contribution in [2.24, 2.45) is 0 Å². The molecule has 0 unspecified atom stereocenters. The van der Waals surface area contributed by atoms with E-state index in [-0.39, 0.29) is 5.78 Å². The summed E-state index contributed by atoms with van der Waals surface area (Å²) in [6, 6.07) is 19.1. The molecule has 5 aromatic rings. The Morgan fingerprint density at radius 2 is 1.97 bits per heavy atom. The molecular weight excluding hydrogens is 380 g/mol. The van der Waals surface area contributed by atoms with E-state index in [1.54, 1.807) is 0 Å². The number of nitrogens with zero attached hydrogens (tertiary/aromatic N) is 2. The number of aromatic amines is 1. The molecule has 0 amide bonds. The van der Waals surface area contributed by atoms with E-state index in [2.05, 4.69) is 26.2 Å². The highest BCUT2D eigenvalue weighted by Crippen LogP contribution is 2.31. The second kappa shape index (κ2) is 6.89. The van der Waals surface area contributed by atoms with Crippen LogP contribution in [0.5, 0.6) is 0 Å². The summed E-state index contributed by atoms with van der Waals surface area (Å²) in [7, 11) is 0. The Hall–Kier alpha value is -3.95. The van der Waals surface area contributed by atoms with Crippen LogP contribution < -0.4 is 5.32 Å². The standard InChI is InChI=1S/C23H14N4OS/c1-2-14-6-5-8-16(10-14)26-22-17-12-20(29-23(17)25-13-24-22)21(28)19-11-15-7-3-4-9-18(15)27-19/h1,3-13,27H,(H,24,25,26). The molecule has 0 radical (unpaired) electrons. The molecule has 5 rings (SSSR count). The molecule has 0 saturated carbocycles. The fourth-order valence-corrected chi connectivity index (χ4v) is 4.17. The van der Waals surface area contributed by atoms with E-state index in [1.165, 1.54) is 17.7 Å². The van der Waals surface area contributed by atoms with Crippen LogP contribution in [0.25, 0.3) is 21.1 Å². The van der Waals surface area contributed by atoms with Crippen LogP contribution in [-0.2, 0) is 0 Å². The number of hydrogen-bond acceptors (Lipinski definition) is 5. The van der Waals surface area contributed by atoms with Gasteiger partial charge in [-0.1, -0.05) is 30.2 Å². The number of carbonyl (C=O) groups is 1. The van der Waals surface area contributed by atoms with Gasteiger partial charge in [-0.05, 0) is 36.4 Å². The van der Waals surface area contributed by atoms with Crippen molar-refractivity contribution in [3.8, 4) is 12.3 Å². The lowest BCUT2D eigenvalue weighted by molar-refractivity contribution is 0.103. The number of ketones is 1. The van der Waals surface area contributed by atoms with Crippen molar-refractivity contribution in [2.75, 3.05) is 5.32 Å². The van der Waals surface area contributed by atoms with Gasteiger partial charge in [0.1, 0.15) is 17.0 Å². The maximum absolute atomic E-state index is 13.0. The minimum absolute atomic E-state index is 0.0653. The Bertz CT molecular complexity index is 1390. The summed E-state index contributed by atoms with van der Waals surface area (Å²) in [5, 5.41) is 5.08. The predicted molar refractivity (Wildman–Crippen MR) is 117 cm³/mol. The monoisotopic (exact) mass is 394 g/mol. The zero-order valence-electron chi connectivity index (χ0n) is 15.1. The van der Waals surface area contributed by atoms with Gasteiger partial charge in [-0.15, -0.1) is 17.8 Å². The predicted octanol–water partition coefficient (Wildman–Crippen LogP) is 5.13. The van der Waals surface area contributed by atoms with Crippen LogP contribution >= 0.6 is 11.3 Å². The van der Waals surface area contributed by atoms with E-state index >= 15 is 0 Å². The number of nitrogens with one attached hydrogen (secondary N) is 2. The minimum atomic E-state index is -0.0653. The SMILES string of the molecule is C#Cc1cccc(Nc2ncnc3sc(C(=O)c4cc5ccccc5[nH]4)cc23)c1. The number of H-pyrrole nitrogens is 1. The normalized spacial score (nSPS) is 10.9. The van der Waals surface area contributed by atoms with Gasteiger partial charge in [0.05, 0.1) is 16.0 Å². The second-order valence-electron chi connectivity index (χ2n) is 6.50. The fraction of sp³-hybridized carbons (Fsp3) is 0. The number of aromatic nitrogens is 3. The lowest BCUT2D eigenvalue weighted by Crippen LogP contribution is -1.98. The van der Waals surface area contributed by atoms with Crippen LogP contribution in [-0.4, -0.2) is 20.7 Å². The van der Waals surface area contributed by atoms with E-state index in [4.69, 9.17) is 6.42 Å². The van der Waals surface area contributed by atoms with Gasteiger partial charge < -0.3 is 10.3 Å². The van der Waals surface area contributed by atoms with Gasteiger partial charge in [-0.2, -0.15) is 0 Å². The smallest absolute Gasteiger partial charge is 0.219 e. The Kier molecular flexibility index (Phi) is 4.08. The molecule has 2 N–H and O–H groups in total. The molecular formula is C23H14N4OS. The highest BCUT2D eigenvalue weighted by atomic mass is 32.1. The van der Waals surface area contributed by atoms with E-state index in [0.717, 1.165) is 32.4 Å². The minimum Gasteiger partial charge on any atom is -0.352 e. The third-order valence-corrected chi connectivity index (χ3v) is 5.66. The first kappa shape index (κ1) is 17.2. The molecule has 0 aliphatic carbocycles. The van der Waals surface area contributed by atoms with Gasteiger partial charge in [0.25, 0.3) is 0 Å². The van der Waals surface area contributed by atoms with E-state index in [0.29, 0.717) is 16.4 Å². The zero-order valence-corrected chi connectivity index (χ0v) is 16.0. The van der Waals surface area contributed by atoms with E-state index < -0.39 is 0 Å². The number of rotatable bonds is 4. The summed E-state index contributed by atoms with van der Waals surface area (Å²) >= 11 is 1.35. The lowest BCUT2D eigenvalue weighted by Gasteiger charge is -2.06. The summed E-state index contributed by atoms with van der Waals surface area (Å²) in [5.74, 6) is 3.19. The Balaban J connectivity index is 1.52. The summed E-state index contributed by atoms with van der Waals surface area (Å²) in [5.41, 5.74) is 3.10. The van der Waals surface area contributed by atoms with Crippen molar-refractivity contribution in [3.63, 3.8) is 0 Å². The molecule has 5 nitrogen and oxygen atoms in total. The maximum Gasteiger partial charge on any atom is 0.219 e. The molecule has 0 saturated heterocycles. The number of para-hydroxylation sites is 1. The molecule has 3 heterocycles. The average molecular weight is 394 g/mol. The average Bonchev–Trinajstić information content (AvgIpc) is 3.38. The molecule has 29 heavy (non-hydrogen) atoms. The number of hydrogen-bond donors (Lipinski definition) is 2. The van der Waals surface area contributed by atoms with Gasteiger partial charge in [0, 0.05) is 22.2 Å². The van der Waals surface area contributed by atoms with Gasteiger partial charge in [0.2, 0.25) is 5.78 Å².